The van der Waals surface area contributed by atoms with E-state index in [0.29, 0.717) is 12.0 Å². The van der Waals surface area contributed by atoms with Gasteiger partial charge in [0.2, 0.25) is 0 Å². The minimum absolute atomic E-state index is 0.516. The van der Waals surface area contributed by atoms with Crippen LogP contribution >= 0.6 is 0 Å². The predicted molar refractivity (Wildman–Crippen MR) is 63.9 cm³/mol. The Balaban J connectivity index is 1.81. The van der Waals surface area contributed by atoms with Crippen molar-refractivity contribution in [3.63, 3.8) is 0 Å². The van der Waals surface area contributed by atoms with Crippen LogP contribution < -0.4 is 5.73 Å². The van der Waals surface area contributed by atoms with Crippen molar-refractivity contribution >= 4 is 0 Å². The number of nitrogens with zero attached hydrogens (tertiary/aromatic N) is 2. The molecule has 16 heavy (non-hydrogen) atoms. The summed E-state index contributed by atoms with van der Waals surface area (Å²) in [7, 11) is 0. The highest BCUT2D eigenvalue weighted by molar-refractivity contribution is 5.13. The molecule has 2 N–H and O–H groups in total. The Morgan fingerprint density at radius 1 is 1.38 bits per heavy atom. The molecule has 0 spiro atoms. The van der Waals surface area contributed by atoms with Crippen LogP contribution in [-0.4, -0.2) is 29.0 Å². The van der Waals surface area contributed by atoms with E-state index in [4.69, 9.17) is 5.73 Å². The zero-order valence-corrected chi connectivity index (χ0v) is 9.55. The molecule has 0 bridgehead atoms. The summed E-state index contributed by atoms with van der Waals surface area (Å²) in [5.74, 6) is 0.660. The van der Waals surface area contributed by atoms with Gasteiger partial charge >= 0.3 is 0 Å². The first-order valence-corrected chi connectivity index (χ1v) is 6.25. The molecular weight excluding hydrogens is 198 g/mol. The largest absolute Gasteiger partial charge is 0.330 e. The fourth-order valence-electron chi connectivity index (χ4n) is 2.80. The van der Waals surface area contributed by atoms with Gasteiger partial charge in [-0.25, -0.2) is 0 Å². The Morgan fingerprint density at radius 3 is 2.88 bits per heavy atom. The van der Waals surface area contributed by atoms with Crippen LogP contribution in [0.4, 0.5) is 0 Å². The third kappa shape index (κ3) is 1.85. The van der Waals surface area contributed by atoms with Crippen molar-refractivity contribution in [3.05, 3.63) is 30.1 Å². The molecule has 86 valence electrons. The molecule has 0 amide bonds. The van der Waals surface area contributed by atoms with Gasteiger partial charge in [-0.3, -0.25) is 9.88 Å². The van der Waals surface area contributed by atoms with E-state index in [9.17, 15) is 0 Å². The summed E-state index contributed by atoms with van der Waals surface area (Å²) in [5.41, 5.74) is 7.04. The van der Waals surface area contributed by atoms with Gasteiger partial charge in [-0.15, -0.1) is 0 Å². The van der Waals surface area contributed by atoms with Gasteiger partial charge in [-0.2, -0.15) is 0 Å². The minimum Gasteiger partial charge on any atom is -0.330 e. The summed E-state index contributed by atoms with van der Waals surface area (Å²) in [6.07, 6.45) is 5.81. The Hall–Kier alpha value is -0.930. The maximum Gasteiger partial charge on any atom is 0.0575 e. The van der Waals surface area contributed by atoms with E-state index in [1.807, 2.05) is 12.3 Å². The second kappa shape index (κ2) is 4.15. The van der Waals surface area contributed by atoms with E-state index in [-0.39, 0.29) is 0 Å². The van der Waals surface area contributed by atoms with Crippen molar-refractivity contribution in [1.29, 1.82) is 0 Å². The summed E-state index contributed by atoms with van der Waals surface area (Å²) in [6, 6.07) is 7.55. The smallest absolute Gasteiger partial charge is 0.0575 e. The molecule has 1 aromatic heterocycles. The summed E-state index contributed by atoms with van der Waals surface area (Å²) < 4.78 is 0. The minimum atomic E-state index is 0.516. The second-order valence-corrected chi connectivity index (χ2v) is 5.04. The van der Waals surface area contributed by atoms with Gasteiger partial charge in [0.05, 0.1) is 11.7 Å². The van der Waals surface area contributed by atoms with Crippen molar-refractivity contribution in [2.24, 2.45) is 11.7 Å². The lowest BCUT2D eigenvalue weighted by Crippen LogP contribution is -2.27. The van der Waals surface area contributed by atoms with Gasteiger partial charge in [0.25, 0.3) is 0 Å². The van der Waals surface area contributed by atoms with Crippen LogP contribution in [0.1, 0.15) is 31.0 Å². The van der Waals surface area contributed by atoms with E-state index < -0.39 is 0 Å². The molecule has 1 aliphatic carbocycles. The lowest BCUT2D eigenvalue weighted by atomic mass is 10.0. The topological polar surface area (TPSA) is 42.1 Å². The van der Waals surface area contributed by atoms with Gasteiger partial charge in [0.1, 0.15) is 0 Å². The molecule has 2 heterocycles. The average Bonchev–Trinajstić information content (AvgIpc) is 3.10. The molecule has 3 nitrogen and oxygen atoms in total. The molecule has 1 aromatic rings. The quantitative estimate of drug-likeness (QED) is 0.835. The van der Waals surface area contributed by atoms with Crippen molar-refractivity contribution in [1.82, 2.24) is 9.88 Å². The average molecular weight is 217 g/mol. The first-order valence-electron chi connectivity index (χ1n) is 6.25. The van der Waals surface area contributed by atoms with Crippen molar-refractivity contribution in [3.8, 4) is 0 Å². The number of hydrogen-bond acceptors (Lipinski definition) is 3. The summed E-state index contributed by atoms with van der Waals surface area (Å²) >= 11 is 0. The fourth-order valence-corrected chi connectivity index (χ4v) is 2.80. The Morgan fingerprint density at radius 2 is 2.25 bits per heavy atom. The monoisotopic (exact) mass is 217 g/mol. The maximum atomic E-state index is 5.81. The molecule has 2 unspecified atom stereocenters. The lowest BCUT2D eigenvalue weighted by Gasteiger charge is -2.23. The van der Waals surface area contributed by atoms with Crippen molar-refractivity contribution in [2.45, 2.75) is 31.3 Å². The predicted octanol–water partition coefficient (Wildman–Crippen LogP) is 1.57. The first-order chi connectivity index (χ1) is 7.88. The number of rotatable bonds is 3. The molecular formula is C13H19N3. The number of nitrogens with two attached hydrogens (primary N) is 1. The molecule has 1 saturated carbocycles. The van der Waals surface area contributed by atoms with E-state index in [2.05, 4.69) is 22.0 Å². The molecule has 3 heteroatoms. The fraction of sp³-hybridized carbons (Fsp3) is 0.615. The number of hydrogen-bond donors (Lipinski definition) is 1. The molecule has 2 atom stereocenters. The Labute approximate surface area is 96.7 Å². The van der Waals surface area contributed by atoms with Gasteiger partial charge in [0, 0.05) is 18.8 Å². The highest BCUT2D eigenvalue weighted by Crippen LogP contribution is 2.41. The summed E-state index contributed by atoms with van der Waals surface area (Å²) in [4.78, 5) is 7.13. The molecule has 0 aromatic carbocycles. The second-order valence-electron chi connectivity index (χ2n) is 5.04. The lowest BCUT2D eigenvalue weighted by molar-refractivity contribution is 0.239. The molecule has 1 saturated heterocycles. The third-order valence-electron chi connectivity index (χ3n) is 3.80. The van der Waals surface area contributed by atoms with E-state index in [0.717, 1.165) is 12.6 Å². The highest BCUT2D eigenvalue weighted by Gasteiger charge is 2.41. The molecule has 1 aliphatic heterocycles. The normalized spacial score (nSPS) is 30.8. The molecule has 2 fully saturated rings. The number of aromatic nitrogens is 1. The van der Waals surface area contributed by atoms with Crippen LogP contribution in [0, 0.1) is 5.92 Å². The van der Waals surface area contributed by atoms with Gasteiger partial charge in [-0.05, 0) is 43.9 Å². The van der Waals surface area contributed by atoms with Crippen LogP contribution in [0.2, 0.25) is 0 Å². The van der Waals surface area contributed by atoms with Gasteiger partial charge < -0.3 is 5.73 Å². The summed E-state index contributed by atoms with van der Waals surface area (Å²) in [6.45, 7) is 1.98. The summed E-state index contributed by atoms with van der Waals surface area (Å²) in [5, 5.41) is 0. The number of likely N-dealkylation sites (tertiary alicyclic amines) is 1. The van der Waals surface area contributed by atoms with E-state index in [1.54, 1.807) is 0 Å². The van der Waals surface area contributed by atoms with Crippen molar-refractivity contribution in [2.75, 3.05) is 13.1 Å². The van der Waals surface area contributed by atoms with Crippen LogP contribution in [0.5, 0.6) is 0 Å². The SMILES string of the molecule is NCC1CC(c2ccccn2)N(C2CC2)C1. The van der Waals surface area contributed by atoms with Crippen LogP contribution in [0.3, 0.4) is 0 Å². The van der Waals surface area contributed by atoms with Crippen LogP contribution in [0.15, 0.2) is 24.4 Å². The third-order valence-corrected chi connectivity index (χ3v) is 3.80. The number of pyridine rings is 1. The molecule has 2 aliphatic rings. The van der Waals surface area contributed by atoms with Crippen LogP contribution in [0.25, 0.3) is 0 Å². The van der Waals surface area contributed by atoms with E-state index >= 15 is 0 Å². The van der Waals surface area contributed by atoms with E-state index in [1.165, 1.54) is 31.5 Å². The van der Waals surface area contributed by atoms with Gasteiger partial charge in [-0.1, -0.05) is 6.07 Å². The Bertz CT molecular complexity index is 347. The Kier molecular flexibility index (Phi) is 2.65. The molecule has 0 radical (unpaired) electrons. The first kappa shape index (κ1) is 10.2. The zero-order chi connectivity index (χ0) is 11.0. The standard InChI is InChI=1S/C13H19N3/c14-8-10-7-13(12-3-1-2-6-15-12)16(9-10)11-4-5-11/h1-3,6,10-11,13H,4-5,7-9,14H2. The van der Waals surface area contributed by atoms with Crippen LogP contribution in [-0.2, 0) is 0 Å². The highest BCUT2D eigenvalue weighted by atomic mass is 15.2. The maximum absolute atomic E-state index is 5.81. The van der Waals surface area contributed by atoms with Gasteiger partial charge in [0.15, 0.2) is 0 Å². The molecule has 3 rings (SSSR count). The zero-order valence-electron chi connectivity index (χ0n) is 9.55. The van der Waals surface area contributed by atoms with Crippen molar-refractivity contribution < 1.29 is 0 Å².